The molecule has 0 spiro atoms. The van der Waals surface area contributed by atoms with E-state index in [1.807, 2.05) is 0 Å². The predicted octanol–water partition coefficient (Wildman–Crippen LogP) is 3.46. The molecule has 4 amide bonds. The van der Waals surface area contributed by atoms with Gasteiger partial charge in [0.2, 0.25) is 11.8 Å². The van der Waals surface area contributed by atoms with E-state index in [2.05, 4.69) is 5.32 Å². The van der Waals surface area contributed by atoms with Gasteiger partial charge in [-0.05, 0) is 79.1 Å². The van der Waals surface area contributed by atoms with Gasteiger partial charge in [0, 0.05) is 25.7 Å². The van der Waals surface area contributed by atoms with Crippen LogP contribution in [0.3, 0.4) is 0 Å². The molecule has 2 aromatic carbocycles. The lowest BCUT2D eigenvalue weighted by atomic mass is 10.1. The number of anilines is 1. The van der Waals surface area contributed by atoms with Crippen molar-refractivity contribution in [3.05, 3.63) is 59.0 Å². The fourth-order valence-corrected chi connectivity index (χ4v) is 5.64. The van der Waals surface area contributed by atoms with Crippen molar-refractivity contribution in [3.63, 3.8) is 0 Å². The maximum absolute atomic E-state index is 12.8. The molecule has 2 saturated heterocycles. The largest absolute Gasteiger partial charge is 0.379 e. The van der Waals surface area contributed by atoms with Crippen LogP contribution in [0.4, 0.5) is 10.5 Å². The van der Waals surface area contributed by atoms with Crippen LogP contribution in [0, 0.1) is 0 Å². The summed E-state index contributed by atoms with van der Waals surface area (Å²) < 4.78 is 30.3. The summed E-state index contributed by atoms with van der Waals surface area (Å²) >= 11 is 0.756. The minimum Gasteiger partial charge on any atom is -0.379 e. The molecule has 2 aliphatic heterocycles. The quantitative estimate of drug-likeness (QED) is 0.415. The number of hydrogen-bond donors (Lipinski definition) is 1. The highest BCUT2D eigenvalue weighted by Crippen LogP contribution is 2.32. The van der Waals surface area contributed by atoms with Crippen LogP contribution >= 0.6 is 11.8 Å². The van der Waals surface area contributed by atoms with Gasteiger partial charge in [0.15, 0.2) is 0 Å². The van der Waals surface area contributed by atoms with Gasteiger partial charge in [-0.2, -0.15) is 8.42 Å². The summed E-state index contributed by atoms with van der Waals surface area (Å²) in [7, 11) is -4.11. The molecule has 4 rings (SSSR count). The van der Waals surface area contributed by atoms with E-state index in [1.54, 1.807) is 17.0 Å². The lowest BCUT2D eigenvalue weighted by Crippen LogP contribution is -2.44. The number of piperidine rings is 1. The van der Waals surface area contributed by atoms with E-state index >= 15 is 0 Å². The zero-order valence-electron chi connectivity index (χ0n) is 20.0. The summed E-state index contributed by atoms with van der Waals surface area (Å²) in [6, 6.07) is 11.5. The second-order valence-corrected chi connectivity index (χ2v) is 11.1. The van der Waals surface area contributed by atoms with Crippen molar-refractivity contribution in [3.8, 4) is 5.75 Å². The fourth-order valence-electron chi connectivity index (χ4n) is 3.87. The zero-order chi connectivity index (χ0) is 26.6. The summed E-state index contributed by atoms with van der Waals surface area (Å²) in [6.07, 6.45) is 4.41. The van der Waals surface area contributed by atoms with Crippen LogP contribution in [0.5, 0.6) is 5.75 Å². The Morgan fingerprint density at radius 2 is 1.65 bits per heavy atom. The van der Waals surface area contributed by atoms with Crippen molar-refractivity contribution in [1.29, 1.82) is 0 Å². The van der Waals surface area contributed by atoms with Crippen molar-refractivity contribution in [2.75, 3.05) is 25.0 Å². The molecule has 12 heteroatoms. The third-order valence-corrected chi connectivity index (χ3v) is 7.89. The van der Waals surface area contributed by atoms with Gasteiger partial charge < -0.3 is 14.4 Å². The third kappa shape index (κ3) is 6.57. The normalized spacial score (nSPS) is 17.3. The van der Waals surface area contributed by atoms with Crippen LogP contribution in [-0.4, -0.2) is 60.8 Å². The lowest BCUT2D eigenvalue weighted by molar-refractivity contribution is -0.136. The van der Waals surface area contributed by atoms with Crippen molar-refractivity contribution >= 4 is 56.6 Å². The topological polar surface area (TPSA) is 130 Å². The number of likely N-dealkylation sites (tertiary alicyclic amines) is 1. The number of imide groups is 1. The van der Waals surface area contributed by atoms with Crippen LogP contribution in [-0.2, 0) is 24.5 Å². The molecule has 2 fully saturated rings. The van der Waals surface area contributed by atoms with E-state index in [-0.39, 0.29) is 33.9 Å². The van der Waals surface area contributed by atoms with Crippen molar-refractivity contribution in [2.24, 2.45) is 0 Å². The number of thioether (sulfide) groups is 1. The highest BCUT2D eigenvalue weighted by Gasteiger charge is 2.37. The maximum Gasteiger partial charge on any atom is 0.339 e. The van der Waals surface area contributed by atoms with Crippen molar-refractivity contribution < 1.29 is 31.8 Å². The molecule has 0 atom stereocenters. The van der Waals surface area contributed by atoms with Crippen LogP contribution < -0.4 is 9.50 Å². The molecular formula is C25H25N3O7S2. The molecule has 0 saturated carbocycles. The minimum absolute atomic E-state index is 0.0586. The molecule has 0 bridgehead atoms. The van der Waals surface area contributed by atoms with Crippen LogP contribution in [0.15, 0.2) is 58.3 Å². The molecule has 2 aromatic rings. The van der Waals surface area contributed by atoms with Crippen LogP contribution in [0.1, 0.15) is 31.7 Å². The summed E-state index contributed by atoms with van der Waals surface area (Å²) in [6.45, 7) is 2.34. The van der Waals surface area contributed by atoms with E-state index in [1.165, 1.54) is 49.4 Å². The van der Waals surface area contributed by atoms with Gasteiger partial charge in [-0.3, -0.25) is 24.1 Å². The molecule has 2 heterocycles. The Bertz CT molecular complexity index is 1350. The summed E-state index contributed by atoms with van der Waals surface area (Å²) in [5.41, 5.74) is 1.01. The van der Waals surface area contributed by atoms with Gasteiger partial charge in [0.05, 0.1) is 4.91 Å². The van der Waals surface area contributed by atoms with E-state index < -0.39 is 21.3 Å². The van der Waals surface area contributed by atoms with Gasteiger partial charge in [0.1, 0.15) is 17.2 Å². The molecule has 37 heavy (non-hydrogen) atoms. The Balaban J connectivity index is 1.40. The molecule has 0 aliphatic carbocycles. The summed E-state index contributed by atoms with van der Waals surface area (Å²) in [5.74, 6) is -0.993. The smallest absolute Gasteiger partial charge is 0.339 e. The van der Waals surface area contributed by atoms with Crippen molar-refractivity contribution in [2.45, 2.75) is 31.1 Å². The van der Waals surface area contributed by atoms with Crippen LogP contribution in [0.25, 0.3) is 6.08 Å². The number of hydrogen-bond acceptors (Lipinski definition) is 8. The van der Waals surface area contributed by atoms with Gasteiger partial charge in [0.25, 0.3) is 11.1 Å². The predicted molar refractivity (Wildman–Crippen MR) is 138 cm³/mol. The second kappa shape index (κ2) is 11.2. The lowest BCUT2D eigenvalue weighted by Gasteiger charge is -2.27. The Morgan fingerprint density at radius 1 is 1.00 bits per heavy atom. The first-order chi connectivity index (χ1) is 17.6. The molecular weight excluding hydrogens is 518 g/mol. The minimum atomic E-state index is -4.11. The number of rotatable bonds is 7. The number of benzene rings is 2. The van der Waals surface area contributed by atoms with E-state index in [4.69, 9.17) is 4.18 Å². The maximum atomic E-state index is 12.8. The molecule has 10 nitrogen and oxygen atoms in total. The van der Waals surface area contributed by atoms with E-state index in [9.17, 15) is 27.6 Å². The zero-order valence-corrected chi connectivity index (χ0v) is 21.6. The standard InChI is InChI=1S/C25H25N3O7S2/c1-17(29)26-19-7-11-21(12-8-19)37(33,34)35-20-9-5-18(6-10-20)15-22-24(31)28(25(32)36-22)16-23(30)27-13-3-2-4-14-27/h5-12,15H,2-4,13-14,16H2,1H3,(H,26,29)/b22-15-. The molecule has 2 aliphatic rings. The summed E-state index contributed by atoms with van der Waals surface area (Å²) in [5, 5.41) is 2.05. The molecule has 1 N–H and O–H groups in total. The average Bonchev–Trinajstić information content (AvgIpc) is 3.12. The Labute approximate surface area is 218 Å². The van der Waals surface area contributed by atoms with Crippen molar-refractivity contribution in [1.82, 2.24) is 9.80 Å². The number of nitrogens with zero attached hydrogens (tertiary/aromatic N) is 2. The molecule has 0 radical (unpaired) electrons. The Hall–Kier alpha value is -3.64. The Morgan fingerprint density at radius 3 is 2.27 bits per heavy atom. The first kappa shape index (κ1) is 26.4. The summed E-state index contributed by atoms with van der Waals surface area (Å²) in [4.78, 5) is 51.5. The first-order valence-corrected chi connectivity index (χ1v) is 13.8. The van der Waals surface area contributed by atoms with Crippen LogP contribution in [0.2, 0.25) is 0 Å². The van der Waals surface area contributed by atoms with E-state index in [0.717, 1.165) is 35.9 Å². The van der Waals surface area contributed by atoms with Gasteiger partial charge in [-0.1, -0.05) is 12.1 Å². The van der Waals surface area contributed by atoms with Gasteiger partial charge in [-0.15, -0.1) is 0 Å². The number of nitrogens with one attached hydrogen (secondary N) is 1. The fraction of sp³-hybridized carbons (Fsp3) is 0.280. The number of amides is 4. The van der Waals surface area contributed by atoms with Gasteiger partial charge >= 0.3 is 10.1 Å². The number of carbonyl (C=O) groups excluding carboxylic acids is 4. The number of carbonyl (C=O) groups is 4. The monoisotopic (exact) mass is 543 g/mol. The SMILES string of the molecule is CC(=O)Nc1ccc(S(=O)(=O)Oc2ccc(/C=C3\SC(=O)N(CC(=O)N4CCCCC4)C3=O)cc2)cc1. The molecule has 194 valence electrons. The highest BCUT2D eigenvalue weighted by molar-refractivity contribution is 8.18. The third-order valence-electron chi connectivity index (χ3n) is 5.72. The van der Waals surface area contributed by atoms with Gasteiger partial charge in [-0.25, -0.2) is 0 Å². The first-order valence-electron chi connectivity index (χ1n) is 11.6. The molecule has 0 aromatic heterocycles. The molecule has 0 unspecified atom stereocenters. The average molecular weight is 544 g/mol. The van der Waals surface area contributed by atoms with E-state index in [0.29, 0.717) is 24.3 Å². The highest BCUT2D eigenvalue weighted by atomic mass is 32.2. The Kier molecular flexibility index (Phi) is 7.98. The second-order valence-electron chi connectivity index (χ2n) is 8.52.